The molecule has 0 fully saturated rings. The average molecular weight is 505 g/mol. The summed E-state index contributed by atoms with van der Waals surface area (Å²) in [5.41, 5.74) is 1.26. The minimum atomic E-state index is 0.629. The fourth-order valence-corrected chi connectivity index (χ4v) is 6.21. The van der Waals surface area contributed by atoms with Crippen molar-refractivity contribution in [3.05, 3.63) is 16.5 Å². The molecule has 34 heavy (non-hydrogen) atoms. The van der Waals surface area contributed by atoms with E-state index in [1.165, 1.54) is 76.8 Å². The molecule has 0 aliphatic heterocycles. The molecule has 0 saturated carbocycles. The summed E-state index contributed by atoms with van der Waals surface area (Å²) in [4.78, 5) is 2.60. The Morgan fingerprint density at radius 1 is 0.853 bits per heavy atom. The minimum Gasteiger partial charge on any atom is -0.491 e. The Kier molecular flexibility index (Phi) is 15.5. The second-order valence-corrected chi connectivity index (χ2v) is 11.6. The van der Waals surface area contributed by atoms with Crippen molar-refractivity contribution in [2.45, 2.75) is 105 Å². The van der Waals surface area contributed by atoms with E-state index in [4.69, 9.17) is 9.47 Å². The van der Waals surface area contributed by atoms with Gasteiger partial charge < -0.3 is 9.47 Å². The fraction of sp³-hybridized carbons (Fsp3) is 0.667. The van der Waals surface area contributed by atoms with Crippen LogP contribution in [0.5, 0.6) is 11.5 Å². The van der Waals surface area contributed by atoms with E-state index in [0.717, 1.165) is 30.5 Å². The number of ether oxygens (including phenoxy) is 2. The summed E-state index contributed by atoms with van der Waals surface area (Å²) in [6.45, 7) is 17.4. The number of unbranched alkanes of at least 4 members (excludes halogenated alkanes) is 2. The van der Waals surface area contributed by atoms with Crippen molar-refractivity contribution in [1.29, 1.82) is 0 Å². The zero-order valence-corrected chi connectivity index (χ0v) is 24.4. The SMILES string of the molecule is C#C.CCCCC(CC)COc1c(SCC)c(C)c(OCC(CC)CCCC)c2sc(C)cc12. The van der Waals surface area contributed by atoms with Crippen LogP contribution in [0.25, 0.3) is 10.1 Å². The van der Waals surface area contributed by atoms with Gasteiger partial charge in [0.15, 0.2) is 0 Å². The molecule has 2 unspecified atom stereocenters. The highest BCUT2D eigenvalue weighted by atomic mass is 32.2. The summed E-state index contributed by atoms with van der Waals surface area (Å²) in [6.07, 6.45) is 18.0. The largest absolute Gasteiger partial charge is 0.491 e. The second-order valence-electron chi connectivity index (χ2n) is 9.10. The van der Waals surface area contributed by atoms with Gasteiger partial charge >= 0.3 is 0 Å². The van der Waals surface area contributed by atoms with E-state index < -0.39 is 0 Å². The normalized spacial score (nSPS) is 12.7. The first-order chi connectivity index (χ1) is 16.5. The predicted octanol–water partition coefficient (Wildman–Crippen LogP) is 10.1. The van der Waals surface area contributed by atoms with Gasteiger partial charge in [-0.15, -0.1) is 35.9 Å². The smallest absolute Gasteiger partial charge is 0.142 e. The molecular formula is C30H48O2S2. The summed E-state index contributed by atoms with van der Waals surface area (Å²) < 4.78 is 14.5. The van der Waals surface area contributed by atoms with Gasteiger partial charge in [0.05, 0.1) is 22.8 Å². The van der Waals surface area contributed by atoms with Crippen LogP contribution in [0.4, 0.5) is 0 Å². The van der Waals surface area contributed by atoms with Crippen LogP contribution in [-0.2, 0) is 0 Å². The molecule has 0 amide bonds. The maximum atomic E-state index is 6.63. The fourth-order valence-electron chi connectivity index (χ4n) is 4.25. The first-order valence-corrected chi connectivity index (χ1v) is 15.1. The van der Waals surface area contributed by atoms with Crippen molar-refractivity contribution in [3.8, 4) is 24.3 Å². The topological polar surface area (TPSA) is 18.5 Å². The number of rotatable bonds is 16. The third-order valence-electron chi connectivity index (χ3n) is 6.50. The van der Waals surface area contributed by atoms with Gasteiger partial charge in [0.1, 0.15) is 11.5 Å². The molecule has 0 saturated heterocycles. The van der Waals surface area contributed by atoms with E-state index in [1.807, 2.05) is 23.1 Å². The highest BCUT2D eigenvalue weighted by molar-refractivity contribution is 7.99. The van der Waals surface area contributed by atoms with Crippen LogP contribution in [0.15, 0.2) is 11.0 Å². The zero-order chi connectivity index (χ0) is 25.5. The van der Waals surface area contributed by atoms with Gasteiger partial charge in [0, 0.05) is 15.8 Å². The van der Waals surface area contributed by atoms with Crippen LogP contribution in [0.2, 0.25) is 0 Å². The lowest BCUT2D eigenvalue weighted by Crippen LogP contribution is -2.14. The molecular weight excluding hydrogens is 456 g/mol. The van der Waals surface area contributed by atoms with Gasteiger partial charge in [-0.3, -0.25) is 0 Å². The molecule has 2 aromatic rings. The monoisotopic (exact) mass is 504 g/mol. The Bertz CT molecular complexity index is 853. The van der Waals surface area contributed by atoms with E-state index in [-0.39, 0.29) is 0 Å². The molecule has 1 heterocycles. The molecule has 0 aliphatic rings. The molecule has 0 radical (unpaired) electrons. The summed E-state index contributed by atoms with van der Waals surface area (Å²) in [5, 5.41) is 1.25. The number of fused-ring (bicyclic) bond motifs is 1. The van der Waals surface area contributed by atoms with Gasteiger partial charge in [0.25, 0.3) is 0 Å². The highest BCUT2D eigenvalue weighted by Gasteiger charge is 2.23. The summed E-state index contributed by atoms with van der Waals surface area (Å²) in [5.74, 6) is 4.48. The van der Waals surface area contributed by atoms with Gasteiger partial charge in [-0.1, -0.05) is 73.1 Å². The van der Waals surface area contributed by atoms with E-state index in [1.54, 1.807) is 0 Å². The quantitative estimate of drug-likeness (QED) is 0.167. The van der Waals surface area contributed by atoms with Crippen molar-refractivity contribution in [3.63, 3.8) is 0 Å². The van der Waals surface area contributed by atoms with Gasteiger partial charge in [-0.25, -0.2) is 0 Å². The van der Waals surface area contributed by atoms with Gasteiger partial charge in [-0.2, -0.15) is 0 Å². The highest BCUT2D eigenvalue weighted by Crippen LogP contribution is 2.48. The second kappa shape index (κ2) is 17.2. The third-order valence-corrected chi connectivity index (χ3v) is 8.61. The Morgan fingerprint density at radius 3 is 1.85 bits per heavy atom. The van der Waals surface area contributed by atoms with Crippen LogP contribution < -0.4 is 9.47 Å². The van der Waals surface area contributed by atoms with E-state index in [2.05, 4.69) is 67.4 Å². The molecule has 1 aromatic carbocycles. The minimum absolute atomic E-state index is 0.629. The van der Waals surface area contributed by atoms with Crippen molar-refractivity contribution in [2.75, 3.05) is 19.0 Å². The van der Waals surface area contributed by atoms with Crippen LogP contribution in [0, 0.1) is 38.5 Å². The first-order valence-electron chi connectivity index (χ1n) is 13.3. The van der Waals surface area contributed by atoms with Crippen LogP contribution in [0.1, 0.15) is 96.4 Å². The van der Waals surface area contributed by atoms with Crippen LogP contribution in [0.3, 0.4) is 0 Å². The Morgan fingerprint density at radius 2 is 1.38 bits per heavy atom. The van der Waals surface area contributed by atoms with Gasteiger partial charge in [-0.05, 0) is 50.3 Å². The first kappa shape index (κ1) is 30.7. The van der Waals surface area contributed by atoms with Crippen LogP contribution in [-0.4, -0.2) is 19.0 Å². The number of terminal acetylenes is 1. The lowest BCUT2D eigenvalue weighted by atomic mass is 10.0. The third kappa shape index (κ3) is 8.72. The summed E-state index contributed by atoms with van der Waals surface area (Å²) in [7, 11) is 0. The Labute approximate surface area is 218 Å². The standard InChI is InChI=1S/C28H46O2S2.C2H2/c1-8-13-15-22(10-3)18-29-25-21(7)27(31-12-5)26(24-17-20(6)32-28(24)25)30-19-23(11-4)16-14-9-2;1-2/h17,22-23H,8-16,18-19H2,1-7H3;1-2H. The van der Waals surface area contributed by atoms with E-state index in [0.29, 0.717) is 11.8 Å². The average Bonchev–Trinajstić information content (AvgIpc) is 3.24. The number of benzene rings is 1. The number of hydrogen-bond acceptors (Lipinski definition) is 4. The number of hydrogen-bond donors (Lipinski definition) is 0. The molecule has 0 bridgehead atoms. The molecule has 0 spiro atoms. The number of aryl methyl sites for hydroxylation is 1. The van der Waals surface area contributed by atoms with E-state index >= 15 is 0 Å². The maximum Gasteiger partial charge on any atom is 0.142 e. The summed E-state index contributed by atoms with van der Waals surface area (Å²) >= 11 is 3.75. The maximum absolute atomic E-state index is 6.63. The molecule has 0 N–H and O–H groups in total. The Balaban J connectivity index is 0.00000281. The Hall–Kier alpha value is -1.31. The predicted molar refractivity (Wildman–Crippen MR) is 155 cm³/mol. The van der Waals surface area contributed by atoms with Gasteiger partial charge in [0.2, 0.25) is 0 Å². The molecule has 1 aromatic heterocycles. The molecule has 2 rings (SSSR count). The number of thioether (sulfide) groups is 1. The molecule has 4 heteroatoms. The lowest BCUT2D eigenvalue weighted by Gasteiger charge is -2.22. The van der Waals surface area contributed by atoms with Crippen LogP contribution >= 0.6 is 23.1 Å². The van der Waals surface area contributed by atoms with Crippen molar-refractivity contribution >= 4 is 33.2 Å². The zero-order valence-electron chi connectivity index (χ0n) is 22.8. The molecule has 2 nitrogen and oxygen atoms in total. The molecule has 192 valence electrons. The van der Waals surface area contributed by atoms with Crippen molar-refractivity contribution in [1.82, 2.24) is 0 Å². The van der Waals surface area contributed by atoms with E-state index in [9.17, 15) is 0 Å². The summed E-state index contributed by atoms with van der Waals surface area (Å²) in [6, 6.07) is 2.31. The molecule has 0 aliphatic carbocycles. The lowest BCUT2D eigenvalue weighted by molar-refractivity contribution is 0.226. The molecule has 2 atom stereocenters. The van der Waals surface area contributed by atoms with Crippen molar-refractivity contribution in [2.24, 2.45) is 11.8 Å². The van der Waals surface area contributed by atoms with Crippen molar-refractivity contribution < 1.29 is 9.47 Å². The number of thiophene rings is 1.